The molecule has 1 amide bonds. The predicted molar refractivity (Wildman–Crippen MR) is 83.9 cm³/mol. The van der Waals surface area contributed by atoms with Gasteiger partial charge in [-0.1, -0.05) is 6.92 Å². The van der Waals surface area contributed by atoms with Gasteiger partial charge >= 0.3 is 5.97 Å². The molecular formula is C17H18FNO5. The second-order valence-corrected chi connectivity index (χ2v) is 5.20. The third kappa shape index (κ3) is 4.34. The Hall–Kier alpha value is -2.83. The molecule has 2 N–H and O–H groups in total. The lowest BCUT2D eigenvalue weighted by molar-refractivity contribution is 0.0694. The van der Waals surface area contributed by atoms with Crippen LogP contribution in [0.4, 0.5) is 4.39 Å². The van der Waals surface area contributed by atoms with Crippen molar-refractivity contribution in [2.45, 2.75) is 26.4 Å². The van der Waals surface area contributed by atoms with Crippen LogP contribution in [0, 0.1) is 5.82 Å². The van der Waals surface area contributed by atoms with E-state index in [2.05, 4.69) is 5.32 Å². The van der Waals surface area contributed by atoms with Gasteiger partial charge in [0.2, 0.25) is 0 Å². The van der Waals surface area contributed by atoms with E-state index in [4.69, 9.17) is 14.3 Å². The first-order chi connectivity index (χ1) is 11.4. The highest BCUT2D eigenvalue weighted by atomic mass is 19.1. The summed E-state index contributed by atoms with van der Waals surface area (Å²) in [5.74, 6) is -1.34. The fourth-order valence-electron chi connectivity index (χ4n) is 2.09. The highest BCUT2D eigenvalue weighted by Crippen LogP contribution is 2.17. The smallest absolute Gasteiger partial charge is 0.339 e. The molecule has 0 aliphatic heterocycles. The van der Waals surface area contributed by atoms with E-state index in [1.54, 1.807) is 13.8 Å². The maximum atomic E-state index is 12.8. The molecule has 0 fully saturated rings. The Morgan fingerprint density at radius 1 is 1.33 bits per heavy atom. The molecule has 2 rings (SSSR count). The lowest BCUT2D eigenvalue weighted by Crippen LogP contribution is -2.33. The Morgan fingerprint density at radius 3 is 2.54 bits per heavy atom. The van der Waals surface area contributed by atoms with Gasteiger partial charge in [0.1, 0.15) is 29.0 Å². The van der Waals surface area contributed by atoms with Gasteiger partial charge in [-0.05, 0) is 31.2 Å². The second kappa shape index (κ2) is 7.63. The van der Waals surface area contributed by atoms with Gasteiger partial charge in [0, 0.05) is 12.5 Å². The van der Waals surface area contributed by atoms with Crippen molar-refractivity contribution in [2.24, 2.45) is 0 Å². The van der Waals surface area contributed by atoms with Gasteiger partial charge in [-0.2, -0.15) is 0 Å². The van der Waals surface area contributed by atoms with Crippen LogP contribution in [-0.2, 0) is 6.42 Å². The summed E-state index contributed by atoms with van der Waals surface area (Å²) in [6.07, 6.45) is 0.0119. The van der Waals surface area contributed by atoms with Crippen molar-refractivity contribution < 1.29 is 28.2 Å². The number of nitrogens with one attached hydrogen (secondary N) is 1. The van der Waals surface area contributed by atoms with Crippen molar-refractivity contribution in [1.82, 2.24) is 5.32 Å². The summed E-state index contributed by atoms with van der Waals surface area (Å²) < 4.78 is 23.6. The number of carboxylic acid groups (broad SMARTS) is 1. The summed E-state index contributed by atoms with van der Waals surface area (Å²) in [5.41, 5.74) is -0.0155. The quantitative estimate of drug-likeness (QED) is 0.812. The number of aromatic carboxylic acids is 1. The number of carbonyl (C=O) groups is 2. The molecule has 1 aromatic heterocycles. The number of benzene rings is 1. The molecule has 24 heavy (non-hydrogen) atoms. The maximum absolute atomic E-state index is 12.8. The van der Waals surface area contributed by atoms with Crippen molar-refractivity contribution in [3.8, 4) is 5.75 Å². The van der Waals surface area contributed by atoms with Crippen molar-refractivity contribution in [2.75, 3.05) is 6.54 Å². The first-order valence-corrected chi connectivity index (χ1v) is 7.47. The average Bonchev–Trinajstić information content (AvgIpc) is 2.99. The molecule has 128 valence electrons. The van der Waals surface area contributed by atoms with Crippen molar-refractivity contribution in [3.63, 3.8) is 0 Å². The third-order valence-corrected chi connectivity index (χ3v) is 3.29. The molecule has 0 radical (unpaired) electrons. The van der Waals surface area contributed by atoms with Gasteiger partial charge in [-0.15, -0.1) is 0 Å². The normalized spacial score (nSPS) is 11.8. The molecule has 6 nitrogen and oxygen atoms in total. The summed E-state index contributed by atoms with van der Waals surface area (Å²) in [4.78, 5) is 23.1. The van der Waals surface area contributed by atoms with Crippen LogP contribution in [0.25, 0.3) is 0 Å². The van der Waals surface area contributed by atoms with Gasteiger partial charge in [0.25, 0.3) is 5.91 Å². The summed E-state index contributed by atoms with van der Waals surface area (Å²) in [5, 5.41) is 11.7. The molecule has 1 unspecified atom stereocenters. The number of ether oxygens (including phenoxy) is 1. The number of carbonyl (C=O) groups excluding carboxylic acids is 1. The van der Waals surface area contributed by atoms with Crippen LogP contribution in [0.5, 0.6) is 5.75 Å². The van der Waals surface area contributed by atoms with E-state index in [1.165, 1.54) is 30.3 Å². The summed E-state index contributed by atoms with van der Waals surface area (Å²) in [6.45, 7) is 3.66. The van der Waals surface area contributed by atoms with Gasteiger partial charge in [0.15, 0.2) is 5.76 Å². The monoisotopic (exact) mass is 335 g/mol. The number of hydrogen-bond acceptors (Lipinski definition) is 4. The molecule has 1 aromatic carbocycles. The molecule has 2 aromatic rings. The Bertz CT molecular complexity index is 723. The van der Waals surface area contributed by atoms with E-state index in [9.17, 15) is 14.0 Å². The Morgan fingerprint density at radius 2 is 2.00 bits per heavy atom. The maximum Gasteiger partial charge on any atom is 0.339 e. The topological polar surface area (TPSA) is 88.8 Å². The van der Waals surface area contributed by atoms with Crippen LogP contribution in [0.2, 0.25) is 0 Å². The lowest BCUT2D eigenvalue weighted by Gasteiger charge is -2.15. The highest BCUT2D eigenvalue weighted by Gasteiger charge is 2.20. The number of amides is 1. The molecule has 0 aliphatic rings. The van der Waals surface area contributed by atoms with Crippen LogP contribution >= 0.6 is 0 Å². The van der Waals surface area contributed by atoms with Gasteiger partial charge in [-0.3, -0.25) is 4.79 Å². The Balaban J connectivity index is 1.92. The number of aryl methyl sites for hydroxylation is 1. The van der Waals surface area contributed by atoms with Crippen LogP contribution in [0.15, 0.2) is 34.7 Å². The first-order valence-electron chi connectivity index (χ1n) is 7.47. The van der Waals surface area contributed by atoms with E-state index in [-0.39, 0.29) is 35.5 Å². The highest BCUT2D eigenvalue weighted by molar-refractivity contribution is 5.96. The van der Waals surface area contributed by atoms with Crippen LogP contribution < -0.4 is 10.1 Å². The number of carboxylic acids is 1. The lowest BCUT2D eigenvalue weighted by atomic mass is 10.2. The minimum atomic E-state index is -1.14. The Labute approximate surface area is 138 Å². The van der Waals surface area contributed by atoms with Crippen molar-refractivity contribution in [1.29, 1.82) is 0 Å². The zero-order valence-corrected chi connectivity index (χ0v) is 13.3. The molecule has 1 heterocycles. The molecule has 0 spiro atoms. The minimum absolute atomic E-state index is 0.0155. The number of halogens is 1. The third-order valence-electron chi connectivity index (χ3n) is 3.29. The number of hydrogen-bond donors (Lipinski definition) is 2. The number of furan rings is 1. The summed E-state index contributed by atoms with van der Waals surface area (Å²) in [7, 11) is 0. The molecule has 1 atom stereocenters. The largest absolute Gasteiger partial charge is 0.489 e. The fourth-order valence-corrected chi connectivity index (χ4v) is 2.09. The minimum Gasteiger partial charge on any atom is -0.489 e. The molecule has 0 saturated heterocycles. The number of rotatable bonds is 7. The van der Waals surface area contributed by atoms with Crippen LogP contribution in [-0.4, -0.2) is 29.6 Å². The van der Waals surface area contributed by atoms with Gasteiger partial charge < -0.3 is 19.6 Å². The standard InChI is InChI=1S/C17H18FNO5/c1-3-14-13(17(21)22)8-15(24-14)16(20)19-9-10(2)23-12-6-4-11(18)5-7-12/h4-8,10H,3,9H2,1-2H3,(H,19,20)(H,21,22). The summed E-state index contributed by atoms with van der Waals surface area (Å²) >= 11 is 0. The second-order valence-electron chi connectivity index (χ2n) is 5.20. The fraction of sp³-hybridized carbons (Fsp3) is 0.294. The van der Waals surface area contributed by atoms with Crippen LogP contribution in [0.3, 0.4) is 0 Å². The van der Waals surface area contributed by atoms with E-state index < -0.39 is 11.9 Å². The molecule has 0 bridgehead atoms. The summed E-state index contributed by atoms with van der Waals surface area (Å²) in [6, 6.07) is 6.76. The molecule has 0 aliphatic carbocycles. The van der Waals surface area contributed by atoms with E-state index in [0.29, 0.717) is 12.2 Å². The SMILES string of the molecule is CCc1oc(C(=O)NCC(C)Oc2ccc(F)cc2)cc1C(=O)O. The van der Waals surface area contributed by atoms with E-state index in [0.717, 1.165) is 0 Å². The molecular weight excluding hydrogens is 317 g/mol. The Kier molecular flexibility index (Phi) is 5.57. The van der Waals surface area contributed by atoms with Gasteiger partial charge in [0.05, 0.1) is 6.54 Å². The zero-order chi connectivity index (χ0) is 17.7. The van der Waals surface area contributed by atoms with E-state index in [1.807, 2.05) is 0 Å². The first kappa shape index (κ1) is 17.5. The predicted octanol–water partition coefficient (Wildman–Crippen LogP) is 2.88. The van der Waals surface area contributed by atoms with Crippen molar-refractivity contribution >= 4 is 11.9 Å². The van der Waals surface area contributed by atoms with Crippen LogP contribution in [0.1, 0.15) is 40.5 Å². The zero-order valence-electron chi connectivity index (χ0n) is 13.3. The van der Waals surface area contributed by atoms with E-state index >= 15 is 0 Å². The average molecular weight is 335 g/mol. The van der Waals surface area contributed by atoms with Crippen molar-refractivity contribution in [3.05, 3.63) is 53.2 Å². The molecule has 0 saturated carbocycles. The van der Waals surface area contributed by atoms with Gasteiger partial charge in [-0.25, -0.2) is 9.18 Å². The molecule has 7 heteroatoms.